The van der Waals surface area contributed by atoms with E-state index in [9.17, 15) is 9.59 Å². The van der Waals surface area contributed by atoms with Gasteiger partial charge in [0.25, 0.3) is 5.91 Å². The number of fused-ring (bicyclic) bond motifs is 2. The highest BCUT2D eigenvalue weighted by molar-refractivity contribution is 5.97. The van der Waals surface area contributed by atoms with Gasteiger partial charge in [0, 0.05) is 36.4 Å². The number of nitrogens with one attached hydrogen (secondary N) is 2. The van der Waals surface area contributed by atoms with Gasteiger partial charge in [-0.25, -0.2) is 4.79 Å². The van der Waals surface area contributed by atoms with E-state index in [1.807, 2.05) is 18.2 Å². The number of hydrogen-bond acceptors (Lipinski definition) is 2. The molecule has 31 heavy (non-hydrogen) atoms. The Hall–Kier alpha value is -4.06. The molecule has 2 aromatic heterocycles. The zero-order valence-corrected chi connectivity index (χ0v) is 17.3. The van der Waals surface area contributed by atoms with E-state index in [1.54, 1.807) is 25.2 Å². The summed E-state index contributed by atoms with van der Waals surface area (Å²) in [6.07, 6.45) is 2.07. The van der Waals surface area contributed by atoms with Gasteiger partial charge in [-0.3, -0.25) is 9.36 Å². The molecule has 0 aliphatic carbocycles. The van der Waals surface area contributed by atoms with E-state index < -0.39 is 0 Å². The van der Waals surface area contributed by atoms with Gasteiger partial charge in [0.2, 0.25) is 0 Å². The fraction of sp³-hybridized carbons (Fsp3) is 0.120. The number of para-hydroxylation sites is 1. The molecule has 1 amide bonds. The van der Waals surface area contributed by atoms with Gasteiger partial charge in [-0.1, -0.05) is 24.3 Å². The van der Waals surface area contributed by atoms with Crippen molar-refractivity contribution in [1.82, 2.24) is 19.4 Å². The molecule has 6 heteroatoms. The molecule has 0 saturated carbocycles. The molecule has 0 saturated heterocycles. The topological polar surface area (TPSA) is 71.8 Å². The smallest absolute Gasteiger partial charge is 0.326 e. The number of nitrogens with zero attached hydrogens (tertiary/aromatic N) is 2. The number of aryl methyl sites for hydroxylation is 2. The second-order valence-electron chi connectivity index (χ2n) is 7.77. The van der Waals surface area contributed by atoms with E-state index >= 15 is 0 Å². The predicted molar refractivity (Wildman–Crippen MR) is 123 cm³/mol. The molecule has 3 aromatic carbocycles. The maximum atomic E-state index is 12.6. The van der Waals surface area contributed by atoms with Crippen molar-refractivity contribution in [3.63, 3.8) is 0 Å². The van der Waals surface area contributed by atoms with Gasteiger partial charge in [0.15, 0.2) is 0 Å². The molecule has 0 unspecified atom stereocenters. The number of rotatable bonds is 4. The SMILES string of the molecule is Cc1ccccc1-n1ccc2cc(CNC(=O)c3ccc4c(c3)[nH]c(=O)n4C)ccc21. The minimum atomic E-state index is -0.196. The second-order valence-corrected chi connectivity index (χ2v) is 7.77. The summed E-state index contributed by atoms with van der Waals surface area (Å²) in [6, 6.07) is 21.8. The van der Waals surface area contributed by atoms with Gasteiger partial charge in [0.05, 0.1) is 16.6 Å². The number of benzene rings is 3. The first-order valence-electron chi connectivity index (χ1n) is 10.1. The number of imidazole rings is 1. The van der Waals surface area contributed by atoms with Crippen molar-refractivity contribution in [2.45, 2.75) is 13.5 Å². The zero-order chi connectivity index (χ0) is 21.5. The molecular weight excluding hydrogens is 388 g/mol. The standard InChI is InChI=1S/C25H22N4O2/c1-16-5-3-4-6-21(16)29-12-11-18-13-17(7-9-22(18)29)15-26-24(30)19-8-10-23-20(14-19)27-25(31)28(23)2/h3-14H,15H2,1-2H3,(H,26,30)(H,27,31). The maximum Gasteiger partial charge on any atom is 0.326 e. The summed E-state index contributed by atoms with van der Waals surface area (Å²) >= 11 is 0. The normalized spacial score (nSPS) is 11.3. The van der Waals surface area contributed by atoms with E-state index in [2.05, 4.69) is 58.3 Å². The first kappa shape index (κ1) is 18.9. The Labute approximate surface area is 178 Å². The van der Waals surface area contributed by atoms with Crippen molar-refractivity contribution in [2.75, 3.05) is 0 Å². The van der Waals surface area contributed by atoms with E-state index in [0.717, 1.165) is 27.7 Å². The highest BCUT2D eigenvalue weighted by Gasteiger charge is 2.10. The third-order valence-electron chi connectivity index (χ3n) is 5.75. The Kier molecular flexibility index (Phi) is 4.47. The molecule has 0 bridgehead atoms. The van der Waals surface area contributed by atoms with Crippen LogP contribution in [0.4, 0.5) is 0 Å². The molecule has 2 N–H and O–H groups in total. The lowest BCUT2D eigenvalue weighted by molar-refractivity contribution is 0.0951. The van der Waals surface area contributed by atoms with Crippen molar-refractivity contribution in [3.8, 4) is 5.69 Å². The first-order valence-corrected chi connectivity index (χ1v) is 10.1. The van der Waals surface area contributed by atoms with Crippen LogP contribution in [0.3, 0.4) is 0 Å². The molecule has 5 aromatic rings. The van der Waals surface area contributed by atoms with Crippen molar-refractivity contribution in [1.29, 1.82) is 0 Å². The molecule has 0 aliphatic rings. The number of hydrogen-bond donors (Lipinski definition) is 2. The molecule has 6 nitrogen and oxygen atoms in total. The third kappa shape index (κ3) is 3.32. The average molecular weight is 410 g/mol. The Morgan fingerprint density at radius 3 is 2.65 bits per heavy atom. The van der Waals surface area contributed by atoms with Crippen molar-refractivity contribution in [2.24, 2.45) is 7.05 Å². The summed E-state index contributed by atoms with van der Waals surface area (Å²) < 4.78 is 3.71. The Bertz CT molecular complexity index is 1500. The Balaban J connectivity index is 1.36. The van der Waals surface area contributed by atoms with Crippen LogP contribution in [0.1, 0.15) is 21.5 Å². The maximum absolute atomic E-state index is 12.6. The largest absolute Gasteiger partial charge is 0.348 e. The molecule has 0 atom stereocenters. The van der Waals surface area contributed by atoms with Gasteiger partial charge < -0.3 is 14.9 Å². The molecular formula is C25H22N4O2. The summed E-state index contributed by atoms with van der Waals surface area (Å²) in [7, 11) is 1.70. The molecule has 0 radical (unpaired) electrons. The predicted octanol–water partition coefficient (Wildman–Crippen LogP) is 4.05. The number of carbonyl (C=O) groups is 1. The van der Waals surface area contributed by atoms with Gasteiger partial charge in [-0.05, 0) is 60.5 Å². The lowest BCUT2D eigenvalue weighted by Crippen LogP contribution is -2.22. The van der Waals surface area contributed by atoms with Crippen LogP contribution in [0.15, 0.2) is 77.7 Å². The van der Waals surface area contributed by atoms with E-state index in [0.29, 0.717) is 17.6 Å². The summed E-state index contributed by atoms with van der Waals surface area (Å²) in [5.74, 6) is -0.177. The highest BCUT2D eigenvalue weighted by Crippen LogP contribution is 2.23. The first-order chi connectivity index (χ1) is 15.0. The van der Waals surface area contributed by atoms with Crippen LogP contribution < -0.4 is 11.0 Å². The Morgan fingerprint density at radius 2 is 1.81 bits per heavy atom. The number of aromatic amines is 1. The third-order valence-corrected chi connectivity index (χ3v) is 5.75. The summed E-state index contributed by atoms with van der Waals surface area (Å²) in [5.41, 5.74) is 6.27. The number of H-pyrrole nitrogens is 1. The van der Waals surface area contributed by atoms with Crippen LogP contribution in [0.25, 0.3) is 27.6 Å². The highest BCUT2D eigenvalue weighted by atomic mass is 16.2. The van der Waals surface area contributed by atoms with Crippen LogP contribution in [-0.2, 0) is 13.6 Å². The fourth-order valence-electron chi connectivity index (χ4n) is 4.01. The summed E-state index contributed by atoms with van der Waals surface area (Å²) in [4.78, 5) is 27.1. The van der Waals surface area contributed by atoms with Crippen LogP contribution in [0.2, 0.25) is 0 Å². The monoisotopic (exact) mass is 410 g/mol. The van der Waals surface area contributed by atoms with Gasteiger partial charge in [-0.2, -0.15) is 0 Å². The summed E-state index contributed by atoms with van der Waals surface area (Å²) in [5, 5.41) is 4.09. The summed E-state index contributed by atoms with van der Waals surface area (Å²) in [6.45, 7) is 2.53. The molecule has 2 heterocycles. The van der Waals surface area contributed by atoms with Gasteiger partial charge in [-0.15, -0.1) is 0 Å². The number of aromatic nitrogens is 3. The van der Waals surface area contributed by atoms with Crippen LogP contribution in [0.5, 0.6) is 0 Å². The fourth-order valence-corrected chi connectivity index (χ4v) is 4.01. The molecule has 0 spiro atoms. The molecule has 0 fully saturated rings. The van der Waals surface area contributed by atoms with Crippen LogP contribution >= 0.6 is 0 Å². The minimum absolute atomic E-state index is 0.177. The van der Waals surface area contributed by atoms with Crippen molar-refractivity contribution >= 4 is 27.8 Å². The zero-order valence-electron chi connectivity index (χ0n) is 17.3. The second kappa shape index (κ2) is 7.32. The molecule has 154 valence electrons. The van der Waals surface area contributed by atoms with Crippen molar-refractivity contribution in [3.05, 3.63) is 100 Å². The molecule has 0 aliphatic heterocycles. The van der Waals surface area contributed by atoms with Crippen molar-refractivity contribution < 1.29 is 4.79 Å². The average Bonchev–Trinajstić information content (AvgIpc) is 3.32. The van der Waals surface area contributed by atoms with Crippen LogP contribution in [-0.4, -0.2) is 20.0 Å². The van der Waals surface area contributed by atoms with Gasteiger partial charge in [0.1, 0.15) is 0 Å². The van der Waals surface area contributed by atoms with E-state index in [4.69, 9.17) is 0 Å². The lowest BCUT2D eigenvalue weighted by Gasteiger charge is -2.10. The number of carbonyl (C=O) groups excluding carboxylic acids is 1. The Morgan fingerprint density at radius 1 is 1.00 bits per heavy atom. The van der Waals surface area contributed by atoms with Gasteiger partial charge >= 0.3 is 5.69 Å². The minimum Gasteiger partial charge on any atom is -0.348 e. The van der Waals surface area contributed by atoms with E-state index in [1.165, 1.54) is 10.1 Å². The van der Waals surface area contributed by atoms with Crippen LogP contribution in [0, 0.1) is 6.92 Å². The number of amides is 1. The quantitative estimate of drug-likeness (QED) is 0.469. The lowest BCUT2D eigenvalue weighted by atomic mass is 10.1. The van der Waals surface area contributed by atoms with E-state index in [-0.39, 0.29) is 11.6 Å². The molecule has 5 rings (SSSR count).